The van der Waals surface area contributed by atoms with Crippen molar-refractivity contribution >= 4 is 0 Å². The van der Waals surface area contributed by atoms with Gasteiger partial charge in [-0.25, -0.2) is 4.39 Å². The summed E-state index contributed by atoms with van der Waals surface area (Å²) in [5.74, 6) is 0.311. The molecule has 0 spiro atoms. The summed E-state index contributed by atoms with van der Waals surface area (Å²) in [4.78, 5) is 0. The van der Waals surface area contributed by atoms with Crippen molar-refractivity contribution in [1.29, 1.82) is 0 Å². The Bertz CT molecular complexity index is 460. The average molecular weight is 216 g/mol. The van der Waals surface area contributed by atoms with Crippen LogP contribution in [0.25, 0.3) is 0 Å². The van der Waals surface area contributed by atoms with Crippen LogP contribution in [0.15, 0.2) is 48.6 Å². The molecule has 1 aromatic carbocycles. The minimum absolute atomic E-state index is 0.118. The molecule has 0 saturated carbocycles. The summed E-state index contributed by atoms with van der Waals surface area (Å²) in [5.41, 5.74) is -0.197. The zero-order valence-corrected chi connectivity index (χ0v) is 8.81. The molecule has 16 heavy (non-hydrogen) atoms. The topological polar surface area (TPSA) is 20.2 Å². The number of benzene rings is 1. The van der Waals surface area contributed by atoms with Crippen LogP contribution in [-0.2, 0) is 5.60 Å². The second-order valence-electron chi connectivity index (χ2n) is 4.58. The smallest absolute Gasteiger partial charge is 0.123 e. The van der Waals surface area contributed by atoms with Crippen LogP contribution >= 0.6 is 0 Å². The first-order chi connectivity index (χ1) is 7.68. The maximum Gasteiger partial charge on any atom is 0.123 e. The molecule has 3 rings (SSSR count). The number of rotatable bonds is 1. The predicted molar refractivity (Wildman–Crippen MR) is 60.2 cm³/mol. The monoisotopic (exact) mass is 216 g/mol. The molecule has 0 fully saturated rings. The lowest BCUT2D eigenvalue weighted by Crippen LogP contribution is -2.33. The van der Waals surface area contributed by atoms with Gasteiger partial charge in [-0.1, -0.05) is 36.4 Å². The maximum atomic E-state index is 12.9. The van der Waals surface area contributed by atoms with E-state index in [2.05, 4.69) is 12.2 Å². The number of fused-ring (bicyclic) bond motifs is 2. The molecule has 1 nitrogen and oxygen atoms in total. The largest absolute Gasteiger partial charge is 0.380 e. The molecule has 3 atom stereocenters. The standard InChI is InChI=1S/C14H13FO/c15-13-5-3-11(4-6-13)14(16)8-7-10-1-2-12(14)9-10/h1-8,10,12,16H,9H2/t10-,12-,14+/m1/s1. The lowest BCUT2D eigenvalue weighted by Gasteiger charge is -2.34. The number of aliphatic hydroxyl groups is 1. The van der Waals surface area contributed by atoms with Gasteiger partial charge in [0.15, 0.2) is 0 Å². The van der Waals surface area contributed by atoms with Gasteiger partial charge in [-0.05, 0) is 30.0 Å². The minimum Gasteiger partial charge on any atom is -0.380 e. The van der Waals surface area contributed by atoms with Crippen molar-refractivity contribution < 1.29 is 9.50 Å². The van der Waals surface area contributed by atoms with E-state index in [0.29, 0.717) is 5.92 Å². The van der Waals surface area contributed by atoms with Gasteiger partial charge in [0, 0.05) is 5.92 Å². The molecule has 0 unspecified atom stereocenters. The Labute approximate surface area is 93.9 Å². The highest BCUT2D eigenvalue weighted by Crippen LogP contribution is 2.44. The third-order valence-corrected chi connectivity index (χ3v) is 3.59. The highest BCUT2D eigenvalue weighted by Gasteiger charge is 2.40. The highest BCUT2D eigenvalue weighted by molar-refractivity contribution is 5.35. The average Bonchev–Trinajstić information content (AvgIpc) is 2.70. The Morgan fingerprint density at radius 3 is 2.62 bits per heavy atom. The number of hydrogen-bond donors (Lipinski definition) is 1. The Hall–Kier alpha value is -1.41. The Morgan fingerprint density at radius 1 is 1.12 bits per heavy atom. The van der Waals surface area contributed by atoms with Crippen LogP contribution in [0.1, 0.15) is 12.0 Å². The fraction of sp³-hybridized carbons (Fsp3) is 0.286. The van der Waals surface area contributed by atoms with E-state index in [9.17, 15) is 9.50 Å². The quantitative estimate of drug-likeness (QED) is 0.716. The van der Waals surface area contributed by atoms with Gasteiger partial charge in [-0.3, -0.25) is 0 Å². The fourth-order valence-corrected chi connectivity index (χ4v) is 2.62. The molecule has 0 amide bonds. The molecule has 82 valence electrons. The zero-order chi connectivity index (χ0) is 11.2. The van der Waals surface area contributed by atoms with E-state index in [1.54, 1.807) is 12.1 Å². The summed E-state index contributed by atoms with van der Waals surface area (Å²) in [6, 6.07) is 6.11. The Balaban J connectivity index is 2.05. The predicted octanol–water partition coefficient (Wildman–Crippen LogP) is 2.78. The van der Waals surface area contributed by atoms with Crippen molar-refractivity contribution in [2.45, 2.75) is 12.0 Å². The van der Waals surface area contributed by atoms with Crippen molar-refractivity contribution in [2.75, 3.05) is 0 Å². The van der Waals surface area contributed by atoms with Crippen LogP contribution in [-0.4, -0.2) is 5.11 Å². The van der Waals surface area contributed by atoms with Gasteiger partial charge < -0.3 is 5.11 Å². The fourth-order valence-electron chi connectivity index (χ4n) is 2.62. The highest BCUT2D eigenvalue weighted by atomic mass is 19.1. The summed E-state index contributed by atoms with van der Waals surface area (Å²) in [5, 5.41) is 10.7. The molecule has 0 saturated heterocycles. The van der Waals surface area contributed by atoms with Crippen molar-refractivity contribution in [2.24, 2.45) is 11.8 Å². The molecule has 0 radical (unpaired) electrons. The van der Waals surface area contributed by atoms with E-state index in [-0.39, 0.29) is 11.7 Å². The van der Waals surface area contributed by atoms with Gasteiger partial charge in [-0.15, -0.1) is 0 Å². The molecule has 2 aliphatic rings. The first kappa shape index (κ1) is 9.79. The minimum atomic E-state index is -0.961. The van der Waals surface area contributed by atoms with Crippen LogP contribution in [0.3, 0.4) is 0 Å². The summed E-state index contributed by atoms with van der Waals surface area (Å²) in [6.07, 6.45) is 9.02. The second-order valence-corrected chi connectivity index (χ2v) is 4.58. The van der Waals surface area contributed by atoms with Crippen molar-refractivity contribution in [3.63, 3.8) is 0 Å². The number of hydrogen-bond acceptors (Lipinski definition) is 1. The number of allylic oxidation sites excluding steroid dienone is 2. The van der Waals surface area contributed by atoms with Crippen LogP contribution < -0.4 is 0 Å². The van der Waals surface area contributed by atoms with Gasteiger partial charge in [0.05, 0.1) is 0 Å². The molecular formula is C14H13FO. The molecular weight excluding hydrogens is 203 g/mol. The summed E-state index contributed by atoms with van der Waals surface area (Å²) in [6.45, 7) is 0. The third-order valence-electron chi connectivity index (χ3n) is 3.59. The second kappa shape index (κ2) is 3.29. The first-order valence-corrected chi connectivity index (χ1v) is 5.54. The molecule has 2 bridgehead atoms. The van der Waals surface area contributed by atoms with Crippen LogP contribution in [0.5, 0.6) is 0 Å². The van der Waals surface area contributed by atoms with Crippen molar-refractivity contribution in [3.8, 4) is 0 Å². The summed E-state index contributed by atoms with van der Waals surface area (Å²) < 4.78 is 12.9. The SMILES string of the molecule is O[C@]1(c2ccc(F)cc2)C=C[C@H]2C=C[C@@H]1C2. The summed E-state index contributed by atoms with van der Waals surface area (Å²) >= 11 is 0. The van der Waals surface area contributed by atoms with Gasteiger partial charge in [0.2, 0.25) is 0 Å². The number of halogens is 1. The summed E-state index contributed by atoms with van der Waals surface area (Å²) in [7, 11) is 0. The van der Waals surface area contributed by atoms with Crippen molar-refractivity contribution in [3.05, 3.63) is 60.0 Å². The molecule has 1 aromatic rings. The maximum absolute atomic E-state index is 12.9. The van der Waals surface area contributed by atoms with Crippen LogP contribution in [0.2, 0.25) is 0 Å². The van der Waals surface area contributed by atoms with Gasteiger partial charge >= 0.3 is 0 Å². The van der Waals surface area contributed by atoms with E-state index in [1.807, 2.05) is 12.2 Å². The molecule has 2 aliphatic carbocycles. The van der Waals surface area contributed by atoms with Gasteiger partial charge in [-0.2, -0.15) is 0 Å². The van der Waals surface area contributed by atoms with Crippen LogP contribution in [0, 0.1) is 17.7 Å². The van der Waals surface area contributed by atoms with E-state index in [4.69, 9.17) is 0 Å². The van der Waals surface area contributed by atoms with E-state index >= 15 is 0 Å². The molecule has 0 aromatic heterocycles. The lowest BCUT2D eigenvalue weighted by molar-refractivity contribution is 0.0363. The third kappa shape index (κ3) is 1.34. The van der Waals surface area contributed by atoms with E-state index in [0.717, 1.165) is 12.0 Å². The lowest BCUT2D eigenvalue weighted by atomic mass is 9.76. The molecule has 1 N–H and O–H groups in total. The first-order valence-electron chi connectivity index (χ1n) is 5.54. The van der Waals surface area contributed by atoms with E-state index in [1.165, 1.54) is 12.1 Å². The van der Waals surface area contributed by atoms with Crippen molar-refractivity contribution in [1.82, 2.24) is 0 Å². The normalized spacial score (nSPS) is 35.6. The van der Waals surface area contributed by atoms with E-state index < -0.39 is 5.60 Å². The molecule has 0 heterocycles. The zero-order valence-electron chi connectivity index (χ0n) is 8.81. The van der Waals surface area contributed by atoms with Gasteiger partial charge in [0.25, 0.3) is 0 Å². The molecule has 0 aliphatic heterocycles. The van der Waals surface area contributed by atoms with Crippen LogP contribution in [0.4, 0.5) is 4.39 Å². The van der Waals surface area contributed by atoms with Gasteiger partial charge in [0.1, 0.15) is 11.4 Å². The molecule has 2 heteroatoms. The Kier molecular flexibility index (Phi) is 2.01. The Morgan fingerprint density at radius 2 is 1.88 bits per heavy atom.